The zero-order valence-electron chi connectivity index (χ0n) is 20.0. The Bertz CT molecular complexity index is 888. The Labute approximate surface area is 200 Å². The number of nitrogens with zero attached hydrogens (tertiary/aromatic N) is 2. The van der Waals surface area contributed by atoms with Crippen molar-refractivity contribution in [3.05, 3.63) is 29.8 Å². The molecule has 10 nitrogen and oxygen atoms in total. The Morgan fingerprint density at radius 2 is 1.97 bits per heavy atom. The van der Waals surface area contributed by atoms with Crippen LogP contribution in [0.15, 0.2) is 24.3 Å². The maximum Gasteiger partial charge on any atom is 0.255 e. The van der Waals surface area contributed by atoms with Gasteiger partial charge in [-0.1, -0.05) is 26.0 Å². The highest BCUT2D eigenvalue weighted by Crippen LogP contribution is 2.21. The molecule has 3 rings (SSSR count). The Balaban J connectivity index is 1.81. The number of amides is 4. The second kappa shape index (κ2) is 12.4. The average Bonchev–Trinajstić information content (AvgIpc) is 3.34. The summed E-state index contributed by atoms with van der Waals surface area (Å²) < 4.78 is 5.73. The zero-order valence-corrected chi connectivity index (χ0v) is 20.0. The molecule has 34 heavy (non-hydrogen) atoms. The molecule has 4 amide bonds. The number of nitrogens with one attached hydrogen (secondary N) is 3. The number of ether oxygens (including phenoxy) is 1. The third-order valence-corrected chi connectivity index (χ3v) is 6.29. The Kier molecular flexibility index (Phi) is 9.26. The summed E-state index contributed by atoms with van der Waals surface area (Å²) in [6.07, 6.45) is 1.04. The van der Waals surface area contributed by atoms with Gasteiger partial charge in [0.05, 0.1) is 18.5 Å². The number of carbonyl (C=O) groups excluding carboxylic acids is 4. The smallest absolute Gasteiger partial charge is 0.255 e. The molecule has 0 saturated carbocycles. The lowest BCUT2D eigenvalue weighted by Crippen LogP contribution is -2.52. The number of carbonyl (C=O) groups is 4. The Morgan fingerprint density at radius 1 is 1.21 bits per heavy atom. The fourth-order valence-electron chi connectivity index (χ4n) is 4.31. The largest absolute Gasteiger partial charge is 0.491 e. The normalized spacial score (nSPS) is 21.6. The van der Waals surface area contributed by atoms with Crippen LogP contribution in [-0.4, -0.2) is 91.4 Å². The van der Waals surface area contributed by atoms with E-state index in [1.807, 2.05) is 13.8 Å². The molecule has 2 heterocycles. The molecule has 0 unspecified atom stereocenters. The minimum Gasteiger partial charge on any atom is -0.491 e. The van der Waals surface area contributed by atoms with Crippen molar-refractivity contribution >= 4 is 23.6 Å². The van der Waals surface area contributed by atoms with E-state index >= 15 is 0 Å². The van der Waals surface area contributed by atoms with Crippen molar-refractivity contribution in [2.45, 2.75) is 45.2 Å². The molecule has 186 valence electrons. The predicted octanol–water partition coefficient (Wildman–Crippen LogP) is 0.133. The van der Waals surface area contributed by atoms with Gasteiger partial charge >= 0.3 is 0 Å². The minimum atomic E-state index is -1.07. The number of hydrogen-bond acceptors (Lipinski definition) is 6. The minimum absolute atomic E-state index is 0.173. The molecule has 2 atom stereocenters. The Morgan fingerprint density at radius 3 is 2.74 bits per heavy atom. The fraction of sp³-hybridized carbons (Fsp3) is 0.583. The number of benzene rings is 1. The molecule has 0 aromatic heterocycles. The molecule has 2 aliphatic rings. The predicted molar refractivity (Wildman–Crippen MR) is 126 cm³/mol. The summed E-state index contributed by atoms with van der Waals surface area (Å²) in [4.78, 5) is 55.6. The van der Waals surface area contributed by atoms with Gasteiger partial charge in [0, 0.05) is 19.6 Å². The van der Waals surface area contributed by atoms with Gasteiger partial charge in [0.1, 0.15) is 24.4 Å². The van der Waals surface area contributed by atoms with Crippen molar-refractivity contribution in [3.63, 3.8) is 0 Å². The fourth-order valence-corrected chi connectivity index (χ4v) is 4.31. The number of hydrogen-bond donors (Lipinski definition) is 3. The molecule has 1 aromatic rings. The molecule has 1 fully saturated rings. The molecule has 0 aliphatic carbocycles. The van der Waals surface area contributed by atoms with Crippen molar-refractivity contribution in [2.75, 3.05) is 45.9 Å². The van der Waals surface area contributed by atoms with Crippen LogP contribution in [0.25, 0.3) is 0 Å². The van der Waals surface area contributed by atoms with Crippen LogP contribution in [0.1, 0.15) is 43.5 Å². The molecule has 3 N–H and O–H groups in total. The first-order chi connectivity index (χ1) is 16.4. The van der Waals surface area contributed by atoms with Gasteiger partial charge in [0.15, 0.2) is 0 Å². The highest BCUT2D eigenvalue weighted by Gasteiger charge is 2.36. The van der Waals surface area contributed by atoms with Crippen LogP contribution in [0.2, 0.25) is 0 Å². The molecule has 0 spiro atoms. The van der Waals surface area contributed by atoms with Gasteiger partial charge in [-0.25, -0.2) is 0 Å². The van der Waals surface area contributed by atoms with Gasteiger partial charge in [0.2, 0.25) is 17.7 Å². The van der Waals surface area contributed by atoms with Gasteiger partial charge in [0.25, 0.3) is 5.91 Å². The van der Waals surface area contributed by atoms with Crippen LogP contribution in [0.4, 0.5) is 0 Å². The molecule has 2 aliphatic heterocycles. The highest BCUT2D eigenvalue weighted by molar-refractivity contribution is 6.01. The summed E-state index contributed by atoms with van der Waals surface area (Å²) in [7, 11) is 0. The van der Waals surface area contributed by atoms with E-state index in [1.165, 1.54) is 4.90 Å². The van der Waals surface area contributed by atoms with Crippen LogP contribution >= 0.6 is 0 Å². The van der Waals surface area contributed by atoms with Crippen LogP contribution in [-0.2, 0) is 14.4 Å². The lowest BCUT2D eigenvalue weighted by atomic mass is 10.1. The molecule has 1 saturated heterocycles. The molecule has 0 bridgehead atoms. The summed E-state index contributed by atoms with van der Waals surface area (Å²) >= 11 is 0. The van der Waals surface area contributed by atoms with Crippen molar-refractivity contribution in [1.29, 1.82) is 0 Å². The summed E-state index contributed by atoms with van der Waals surface area (Å²) in [6.45, 7) is 7.75. The zero-order chi connectivity index (χ0) is 24.5. The van der Waals surface area contributed by atoms with E-state index in [1.54, 1.807) is 24.3 Å². The van der Waals surface area contributed by atoms with Gasteiger partial charge < -0.3 is 30.5 Å². The van der Waals surface area contributed by atoms with Crippen molar-refractivity contribution < 1.29 is 23.9 Å². The van der Waals surface area contributed by atoms with Gasteiger partial charge in [-0.05, 0) is 38.1 Å². The number of para-hydroxylation sites is 1. The summed E-state index contributed by atoms with van der Waals surface area (Å²) in [5, 5.41) is 8.38. The Hall–Kier alpha value is -3.14. The van der Waals surface area contributed by atoms with Gasteiger partial charge in [-0.15, -0.1) is 0 Å². The second-order valence-corrected chi connectivity index (χ2v) is 8.43. The van der Waals surface area contributed by atoms with Crippen LogP contribution in [0, 0.1) is 0 Å². The van der Waals surface area contributed by atoms with Crippen molar-refractivity contribution in [1.82, 2.24) is 25.8 Å². The lowest BCUT2D eigenvalue weighted by molar-refractivity contribution is -0.140. The third-order valence-electron chi connectivity index (χ3n) is 6.29. The van der Waals surface area contributed by atoms with E-state index in [9.17, 15) is 19.2 Å². The van der Waals surface area contributed by atoms with E-state index in [0.717, 1.165) is 13.1 Å². The summed E-state index contributed by atoms with van der Waals surface area (Å²) in [5.41, 5.74) is 0.262. The van der Waals surface area contributed by atoms with Crippen LogP contribution < -0.4 is 20.7 Å². The molecule has 0 radical (unpaired) electrons. The standard InChI is InChI=1S/C24H35N5O5/c1-3-28(4-2)14-11-25-23(32)18-16-21(30)29-13-7-9-19(29)24(33)26-12-15-34-20-10-6-5-8-17(20)22(31)27-18/h5-6,8,10,18-19H,3-4,7,9,11-16H2,1-2H3,(H,25,32)(H,26,33)(H,27,31)/t18-,19-/m0/s1. The second-order valence-electron chi connectivity index (χ2n) is 8.43. The first kappa shape index (κ1) is 25.5. The van der Waals surface area contributed by atoms with E-state index in [2.05, 4.69) is 20.9 Å². The lowest BCUT2D eigenvalue weighted by Gasteiger charge is -2.27. The number of fused-ring (bicyclic) bond motifs is 2. The molecule has 10 heteroatoms. The van der Waals surface area contributed by atoms with E-state index in [0.29, 0.717) is 38.2 Å². The third kappa shape index (κ3) is 6.47. The van der Waals surface area contributed by atoms with Crippen LogP contribution in [0.3, 0.4) is 0 Å². The monoisotopic (exact) mass is 473 g/mol. The first-order valence-electron chi connectivity index (χ1n) is 12.0. The molecular weight excluding hydrogens is 438 g/mol. The molecular formula is C24H35N5O5. The van der Waals surface area contributed by atoms with E-state index < -0.39 is 23.9 Å². The maximum atomic E-state index is 13.1. The van der Waals surface area contributed by atoms with E-state index in [4.69, 9.17) is 4.74 Å². The van der Waals surface area contributed by atoms with Gasteiger partial charge in [-0.3, -0.25) is 19.2 Å². The van der Waals surface area contributed by atoms with Crippen molar-refractivity contribution in [2.24, 2.45) is 0 Å². The quantitative estimate of drug-likeness (QED) is 0.540. The summed E-state index contributed by atoms with van der Waals surface area (Å²) in [5.74, 6) is -1.14. The van der Waals surface area contributed by atoms with Gasteiger partial charge in [-0.2, -0.15) is 0 Å². The average molecular weight is 474 g/mol. The number of likely N-dealkylation sites (N-methyl/N-ethyl adjacent to an activating group) is 1. The topological polar surface area (TPSA) is 120 Å². The van der Waals surface area contributed by atoms with Crippen molar-refractivity contribution in [3.8, 4) is 5.75 Å². The maximum absolute atomic E-state index is 13.1. The first-order valence-corrected chi connectivity index (χ1v) is 12.0. The van der Waals surface area contributed by atoms with E-state index in [-0.39, 0.29) is 37.0 Å². The number of rotatable bonds is 6. The SMILES string of the molecule is CCN(CC)CCNC(=O)[C@@H]1CC(=O)N2CCC[C@H]2C(=O)NCCOc2ccccc2C(=O)N1. The van der Waals surface area contributed by atoms with Crippen LogP contribution in [0.5, 0.6) is 5.75 Å². The molecule has 1 aromatic carbocycles. The highest BCUT2D eigenvalue weighted by atomic mass is 16.5. The summed E-state index contributed by atoms with van der Waals surface area (Å²) in [6, 6.07) is 5.05.